The molecule has 4 aliphatic carbocycles. The van der Waals surface area contributed by atoms with Crippen molar-refractivity contribution in [1.82, 2.24) is 21.0 Å². The Kier molecular flexibility index (Phi) is 10.8. The first-order valence-electron chi connectivity index (χ1n) is 13.1. The van der Waals surface area contributed by atoms with Crippen LogP contribution in [-0.2, 0) is 0 Å². The molecule has 4 aliphatic rings. The topological polar surface area (TPSA) is 92.1 Å². The highest BCUT2D eigenvalue weighted by molar-refractivity contribution is 5.93. The quantitative estimate of drug-likeness (QED) is 0.135. The summed E-state index contributed by atoms with van der Waals surface area (Å²) in [7, 11) is 0. The fourth-order valence-corrected chi connectivity index (χ4v) is 6.21. The molecule has 188 valence electrons. The number of carbonyl (C=O) groups is 1. The lowest BCUT2D eigenvalue weighted by Gasteiger charge is -2.54. The second-order valence-corrected chi connectivity index (χ2v) is 10.7. The minimum Gasteiger partial charge on any atom is -0.312 e. The Morgan fingerprint density at radius 3 is 2.24 bits per heavy atom. The molecule has 5 rings (SSSR count). The fraction of sp³-hybridized carbons (Fsp3) is 0.643. The van der Waals surface area contributed by atoms with Gasteiger partial charge in [0.05, 0.1) is 0 Å². The van der Waals surface area contributed by atoms with Crippen LogP contribution in [0.2, 0.25) is 0 Å². The number of rotatable bonds is 10. The second-order valence-electron chi connectivity index (χ2n) is 10.7. The van der Waals surface area contributed by atoms with E-state index < -0.39 is 0 Å². The van der Waals surface area contributed by atoms with Gasteiger partial charge in [0.25, 0.3) is 5.91 Å². The first kappa shape index (κ1) is 26.6. The van der Waals surface area contributed by atoms with E-state index in [4.69, 9.17) is 5.84 Å². The molecular formula is C28H45N5O. The third kappa shape index (κ3) is 8.33. The molecule has 1 aromatic rings. The van der Waals surface area contributed by atoms with E-state index in [0.717, 1.165) is 49.3 Å². The minimum absolute atomic E-state index is 0.303. The van der Waals surface area contributed by atoms with Crippen LogP contribution in [-0.4, -0.2) is 36.6 Å². The number of nitrogen functional groups attached to an aromatic ring is 1. The van der Waals surface area contributed by atoms with Crippen LogP contribution in [0.4, 0.5) is 0 Å². The summed E-state index contributed by atoms with van der Waals surface area (Å²) in [6.45, 7) is 9.86. The zero-order valence-corrected chi connectivity index (χ0v) is 21.4. The Morgan fingerprint density at radius 2 is 1.65 bits per heavy atom. The van der Waals surface area contributed by atoms with Crippen molar-refractivity contribution in [2.75, 3.05) is 19.6 Å². The number of hydrazine groups is 1. The van der Waals surface area contributed by atoms with Crippen LogP contribution >= 0.6 is 0 Å². The van der Waals surface area contributed by atoms with E-state index >= 15 is 0 Å². The van der Waals surface area contributed by atoms with Gasteiger partial charge in [0.15, 0.2) is 0 Å². The van der Waals surface area contributed by atoms with E-state index in [1.165, 1.54) is 62.1 Å². The Morgan fingerprint density at radius 1 is 1.00 bits per heavy atom. The normalized spacial score (nSPS) is 27.1. The molecule has 4 saturated carbocycles. The SMILES string of the molecule is CC(C)=CCC/C(C)=C/CNCCNC1C2CC3CC(C2)CC1C3.NNC(=O)c1ccncc1. The number of allylic oxidation sites excluding steroid dienone is 3. The lowest BCUT2D eigenvalue weighted by Crippen LogP contribution is -2.55. The van der Waals surface area contributed by atoms with Crippen molar-refractivity contribution < 1.29 is 4.79 Å². The summed E-state index contributed by atoms with van der Waals surface area (Å²) < 4.78 is 0. The van der Waals surface area contributed by atoms with Gasteiger partial charge in [-0.05, 0) is 102 Å². The summed E-state index contributed by atoms with van der Waals surface area (Å²) in [5.74, 6) is 8.75. The zero-order chi connectivity index (χ0) is 24.3. The monoisotopic (exact) mass is 467 g/mol. The van der Waals surface area contributed by atoms with E-state index in [0.29, 0.717) is 5.56 Å². The van der Waals surface area contributed by atoms with Gasteiger partial charge in [-0.15, -0.1) is 0 Å². The molecule has 0 atom stereocenters. The third-order valence-corrected chi connectivity index (χ3v) is 7.67. The lowest BCUT2D eigenvalue weighted by atomic mass is 9.54. The molecule has 1 aromatic heterocycles. The summed E-state index contributed by atoms with van der Waals surface area (Å²) in [5, 5.41) is 7.49. The Hall–Kier alpha value is -2.02. The number of hydrogen-bond donors (Lipinski definition) is 4. The van der Waals surface area contributed by atoms with Crippen molar-refractivity contribution in [3.05, 3.63) is 53.4 Å². The average Bonchev–Trinajstić information content (AvgIpc) is 2.82. The van der Waals surface area contributed by atoms with E-state index in [9.17, 15) is 4.79 Å². The average molecular weight is 468 g/mol. The number of nitrogens with zero attached hydrogens (tertiary/aromatic N) is 1. The molecule has 34 heavy (non-hydrogen) atoms. The number of pyridine rings is 1. The van der Waals surface area contributed by atoms with E-state index in [1.54, 1.807) is 18.6 Å². The highest BCUT2D eigenvalue weighted by Gasteiger charge is 2.47. The van der Waals surface area contributed by atoms with Crippen molar-refractivity contribution in [3.8, 4) is 0 Å². The highest BCUT2D eigenvalue weighted by atomic mass is 16.2. The predicted molar refractivity (Wildman–Crippen MR) is 140 cm³/mol. The van der Waals surface area contributed by atoms with Gasteiger partial charge in [0.1, 0.15) is 0 Å². The third-order valence-electron chi connectivity index (χ3n) is 7.67. The molecule has 0 spiro atoms. The largest absolute Gasteiger partial charge is 0.312 e. The van der Waals surface area contributed by atoms with Crippen LogP contribution in [0.1, 0.15) is 76.1 Å². The van der Waals surface area contributed by atoms with Crippen molar-refractivity contribution in [2.45, 2.75) is 71.8 Å². The van der Waals surface area contributed by atoms with Gasteiger partial charge in [-0.2, -0.15) is 0 Å². The predicted octanol–water partition coefficient (Wildman–Crippen LogP) is 4.37. The molecule has 1 heterocycles. The summed E-state index contributed by atoms with van der Waals surface area (Å²) in [4.78, 5) is 14.5. The molecule has 4 bridgehead atoms. The van der Waals surface area contributed by atoms with Crippen molar-refractivity contribution >= 4 is 5.91 Å². The van der Waals surface area contributed by atoms with Gasteiger partial charge >= 0.3 is 0 Å². The maximum absolute atomic E-state index is 10.7. The van der Waals surface area contributed by atoms with Gasteiger partial charge < -0.3 is 10.6 Å². The van der Waals surface area contributed by atoms with E-state index in [2.05, 4.69) is 48.5 Å². The number of amides is 1. The van der Waals surface area contributed by atoms with Crippen LogP contribution in [0.25, 0.3) is 0 Å². The molecule has 6 heteroatoms. The molecule has 0 radical (unpaired) electrons. The first-order valence-corrected chi connectivity index (χ1v) is 13.1. The number of nitrogens with two attached hydrogens (primary N) is 1. The second kappa shape index (κ2) is 13.8. The van der Waals surface area contributed by atoms with E-state index in [-0.39, 0.29) is 5.91 Å². The lowest BCUT2D eigenvalue weighted by molar-refractivity contribution is -0.0133. The summed E-state index contributed by atoms with van der Waals surface area (Å²) >= 11 is 0. The Labute approximate surface area is 206 Å². The van der Waals surface area contributed by atoms with Crippen LogP contribution in [0.15, 0.2) is 47.8 Å². The highest BCUT2D eigenvalue weighted by Crippen LogP contribution is 2.53. The van der Waals surface area contributed by atoms with Crippen molar-refractivity contribution in [3.63, 3.8) is 0 Å². The van der Waals surface area contributed by atoms with Crippen LogP contribution in [0.5, 0.6) is 0 Å². The van der Waals surface area contributed by atoms with Crippen LogP contribution in [0, 0.1) is 23.7 Å². The molecule has 0 aromatic carbocycles. The zero-order valence-electron chi connectivity index (χ0n) is 21.4. The maximum atomic E-state index is 10.7. The van der Waals surface area contributed by atoms with Crippen LogP contribution in [0.3, 0.4) is 0 Å². The molecule has 6 nitrogen and oxygen atoms in total. The van der Waals surface area contributed by atoms with E-state index in [1.807, 2.05) is 5.43 Å². The number of hydrogen-bond acceptors (Lipinski definition) is 5. The molecule has 0 aliphatic heterocycles. The molecular weight excluding hydrogens is 422 g/mol. The molecule has 1 amide bonds. The molecule has 0 saturated heterocycles. The fourth-order valence-electron chi connectivity index (χ4n) is 6.21. The number of carbonyl (C=O) groups excluding carboxylic acids is 1. The van der Waals surface area contributed by atoms with Crippen molar-refractivity contribution in [1.29, 1.82) is 0 Å². The van der Waals surface area contributed by atoms with Crippen LogP contribution < -0.4 is 21.9 Å². The van der Waals surface area contributed by atoms with Gasteiger partial charge in [0.2, 0.25) is 0 Å². The van der Waals surface area contributed by atoms with Gasteiger partial charge in [-0.3, -0.25) is 15.2 Å². The van der Waals surface area contributed by atoms with Gasteiger partial charge in [0, 0.05) is 43.6 Å². The minimum atomic E-state index is -0.303. The van der Waals surface area contributed by atoms with Crippen molar-refractivity contribution in [2.24, 2.45) is 29.5 Å². The maximum Gasteiger partial charge on any atom is 0.265 e. The summed E-state index contributed by atoms with van der Waals surface area (Å²) in [5.41, 5.74) is 5.46. The molecule has 0 unspecified atom stereocenters. The summed E-state index contributed by atoms with van der Waals surface area (Å²) in [6, 6.07) is 4.01. The standard InChI is InChI=1S/C22H38N2.C6H7N3O/c1-16(2)5-4-6-17(3)7-8-23-9-10-24-22-20-12-18-11-19(14-20)15-21(22)13-18;7-9-6(10)5-1-3-8-4-2-5/h5,7,18-24H,4,6,8-15H2,1-3H3;1-4H,7H2,(H,9,10)/b17-7+;. The molecule has 5 N–H and O–H groups in total. The van der Waals surface area contributed by atoms with Gasteiger partial charge in [-0.1, -0.05) is 23.3 Å². The smallest absolute Gasteiger partial charge is 0.265 e. The Balaban J connectivity index is 0.000000271. The Bertz CT molecular complexity index is 787. The number of aromatic nitrogens is 1. The number of nitrogens with one attached hydrogen (secondary N) is 3. The van der Waals surface area contributed by atoms with Gasteiger partial charge in [-0.25, -0.2) is 5.84 Å². The first-order chi connectivity index (χ1) is 16.5. The molecule has 4 fully saturated rings. The summed E-state index contributed by atoms with van der Waals surface area (Å²) in [6.07, 6.45) is 17.8.